The lowest BCUT2D eigenvalue weighted by Crippen LogP contribution is -2.33. The van der Waals surface area contributed by atoms with Crippen molar-refractivity contribution in [1.29, 1.82) is 5.26 Å². The summed E-state index contributed by atoms with van der Waals surface area (Å²) in [5.41, 5.74) is 9.45. The Balaban J connectivity index is 1.77. The van der Waals surface area contributed by atoms with E-state index >= 15 is 0 Å². The van der Waals surface area contributed by atoms with Crippen LogP contribution in [0.2, 0.25) is 0 Å². The number of nitrogens with two attached hydrogens (primary N) is 1. The quantitative estimate of drug-likeness (QED) is 0.382. The summed E-state index contributed by atoms with van der Waals surface area (Å²) in [6, 6.07) is 15.1. The average Bonchev–Trinajstić information content (AvgIpc) is 2.90. The normalized spacial score (nSPS) is 19.4. The maximum absolute atomic E-state index is 13.5. The lowest BCUT2D eigenvalue weighted by Gasteiger charge is -2.37. The summed E-state index contributed by atoms with van der Waals surface area (Å²) in [5, 5.41) is 10.8. The summed E-state index contributed by atoms with van der Waals surface area (Å²) in [4.78, 5) is 26.6. The van der Waals surface area contributed by atoms with Crippen molar-refractivity contribution < 1.29 is 18.7 Å². The predicted molar refractivity (Wildman–Crippen MR) is 149 cm³/mol. The number of carbonyl (C=O) groups is 1. The number of hydrogen-bond donors (Lipinski definition) is 1. The van der Waals surface area contributed by atoms with Crippen molar-refractivity contribution in [2.24, 2.45) is 11.1 Å². The molecule has 3 aromatic rings. The number of nitriles is 1. The summed E-state index contributed by atoms with van der Waals surface area (Å²) in [6.45, 7) is 8.17. The van der Waals surface area contributed by atoms with Gasteiger partial charge in [0.1, 0.15) is 28.7 Å². The van der Waals surface area contributed by atoms with Crippen LogP contribution in [0.25, 0.3) is 22.1 Å². The molecule has 7 nitrogen and oxygen atoms in total. The van der Waals surface area contributed by atoms with Gasteiger partial charge in [-0.2, -0.15) is 5.26 Å². The number of nitrogens with zero attached hydrogens (tertiary/aromatic N) is 1. The van der Waals surface area contributed by atoms with Gasteiger partial charge < -0.3 is 19.6 Å². The lowest BCUT2D eigenvalue weighted by atomic mass is 9.70. The molecule has 2 aromatic carbocycles. The van der Waals surface area contributed by atoms with Gasteiger partial charge in [0.2, 0.25) is 5.88 Å². The number of ketones is 1. The smallest absolute Gasteiger partial charge is 0.344 e. The van der Waals surface area contributed by atoms with E-state index in [0.717, 1.165) is 17.5 Å². The number of Topliss-reactive ketones (excluding diaryl/α,β-unsaturated/α-hetero) is 1. The zero-order chi connectivity index (χ0) is 28.1. The number of ether oxygens (including phenoxy) is 2. The Morgan fingerprint density at radius 3 is 2.51 bits per heavy atom. The fourth-order valence-corrected chi connectivity index (χ4v) is 5.63. The highest BCUT2D eigenvalue weighted by Gasteiger charge is 2.43. The van der Waals surface area contributed by atoms with Crippen LogP contribution in [0, 0.1) is 16.7 Å². The standard InChI is InChI=1S/C32H32N2O5/c1-6-17(2)22-12-19(27-24(16-33)30(34)38-26-15-32(3,4)14-25(35)28(26)27)11-20-13-23(31(36)39-29(20)22)18-7-9-21(37-5)10-8-18/h7-13,17,27H,6,14-15,34H2,1-5H3. The number of allylic oxidation sites excluding steroid dienone is 3. The fourth-order valence-electron chi connectivity index (χ4n) is 5.63. The molecule has 0 bridgehead atoms. The molecule has 0 amide bonds. The van der Waals surface area contributed by atoms with E-state index in [2.05, 4.69) is 19.9 Å². The molecule has 0 spiro atoms. The predicted octanol–water partition coefficient (Wildman–Crippen LogP) is 6.43. The van der Waals surface area contributed by atoms with E-state index in [0.29, 0.717) is 52.0 Å². The molecule has 2 heterocycles. The molecule has 2 aliphatic rings. The molecular weight excluding hydrogens is 492 g/mol. The van der Waals surface area contributed by atoms with Crippen molar-refractivity contribution in [3.63, 3.8) is 0 Å². The largest absolute Gasteiger partial charge is 0.497 e. The molecule has 1 aliphatic heterocycles. The molecule has 0 fully saturated rings. The van der Waals surface area contributed by atoms with Gasteiger partial charge in [-0.05, 0) is 58.7 Å². The number of rotatable bonds is 5. The molecule has 0 saturated carbocycles. The highest BCUT2D eigenvalue weighted by atomic mass is 16.5. The van der Waals surface area contributed by atoms with Crippen LogP contribution in [-0.4, -0.2) is 12.9 Å². The topological polar surface area (TPSA) is 116 Å². The van der Waals surface area contributed by atoms with Crippen molar-refractivity contribution >= 4 is 16.8 Å². The number of fused-ring (bicyclic) bond motifs is 1. The number of hydrogen-bond acceptors (Lipinski definition) is 7. The summed E-state index contributed by atoms with van der Waals surface area (Å²) >= 11 is 0. The van der Waals surface area contributed by atoms with E-state index in [9.17, 15) is 14.9 Å². The summed E-state index contributed by atoms with van der Waals surface area (Å²) in [7, 11) is 1.59. The van der Waals surface area contributed by atoms with Gasteiger partial charge in [0.05, 0.1) is 18.6 Å². The number of methoxy groups -OCH3 is 1. The second kappa shape index (κ2) is 9.77. The van der Waals surface area contributed by atoms with Gasteiger partial charge in [0.15, 0.2) is 5.78 Å². The Morgan fingerprint density at radius 2 is 1.87 bits per heavy atom. The molecule has 5 rings (SSSR count). The monoisotopic (exact) mass is 524 g/mol. The van der Waals surface area contributed by atoms with Gasteiger partial charge in [0, 0.05) is 23.8 Å². The molecule has 0 saturated heterocycles. The van der Waals surface area contributed by atoms with Gasteiger partial charge in [0.25, 0.3) is 0 Å². The van der Waals surface area contributed by atoms with E-state index in [1.54, 1.807) is 19.2 Å². The minimum absolute atomic E-state index is 0.0236. The minimum Gasteiger partial charge on any atom is -0.497 e. The van der Waals surface area contributed by atoms with Crippen molar-refractivity contribution in [2.45, 2.75) is 58.8 Å². The fraction of sp³-hybridized carbons (Fsp3) is 0.344. The average molecular weight is 525 g/mol. The third-order valence-electron chi connectivity index (χ3n) is 7.84. The Morgan fingerprint density at radius 1 is 1.15 bits per heavy atom. The zero-order valence-electron chi connectivity index (χ0n) is 22.9. The van der Waals surface area contributed by atoms with Crippen molar-refractivity contribution in [3.05, 3.63) is 86.8 Å². The van der Waals surface area contributed by atoms with Crippen LogP contribution in [0.1, 0.15) is 69.9 Å². The second-order valence-electron chi connectivity index (χ2n) is 11.2. The van der Waals surface area contributed by atoms with Crippen LogP contribution >= 0.6 is 0 Å². The molecule has 0 radical (unpaired) electrons. The van der Waals surface area contributed by atoms with E-state index in [1.165, 1.54) is 0 Å². The van der Waals surface area contributed by atoms with Gasteiger partial charge in [-0.25, -0.2) is 4.79 Å². The third-order valence-corrected chi connectivity index (χ3v) is 7.84. The third kappa shape index (κ3) is 4.61. The molecule has 7 heteroatoms. The van der Waals surface area contributed by atoms with Crippen LogP contribution in [0.3, 0.4) is 0 Å². The van der Waals surface area contributed by atoms with E-state index in [1.807, 2.05) is 44.2 Å². The Kier molecular flexibility index (Phi) is 6.59. The SMILES string of the molecule is CCC(C)c1cc(C2C(C#N)=C(N)OC3=C2C(=O)CC(C)(C)C3)cc2cc(-c3ccc(OC)cc3)c(=O)oc12. The Bertz CT molecular complexity index is 1650. The Hall–Kier alpha value is -4.31. The van der Waals surface area contributed by atoms with Gasteiger partial charge in [-0.15, -0.1) is 0 Å². The number of carbonyl (C=O) groups excluding carboxylic acids is 1. The zero-order valence-corrected chi connectivity index (χ0v) is 22.9. The molecule has 2 unspecified atom stereocenters. The van der Waals surface area contributed by atoms with E-state index < -0.39 is 11.5 Å². The van der Waals surface area contributed by atoms with Crippen LogP contribution in [0.5, 0.6) is 5.75 Å². The molecule has 39 heavy (non-hydrogen) atoms. The van der Waals surface area contributed by atoms with Crippen LogP contribution in [0.15, 0.2) is 74.5 Å². The summed E-state index contributed by atoms with van der Waals surface area (Å²) in [5.74, 6) is 0.587. The molecule has 2 atom stereocenters. The van der Waals surface area contributed by atoms with Crippen LogP contribution in [0.4, 0.5) is 0 Å². The minimum atomic E-state index is -0.661. The highest BCUT2D eigenvalue weighted by Crippen LogP contribution is 2.48. The van der Waals surface area contributed by atoms with Gasteiger partial charge in [-0.1, -0.05) is 45.9 Å². The Labute approximate surface area is 227 Å². The molecule has 1 aromatic heterocycles. The lowest BCUT2D eigenvalue weighted by molar-refractivity contribution is -0.119. The number of benzene rings is 2. The van der Waals surface area contributed by atoms with Crippen molar-refractivity contribution in [3.8, 4) is 22.9 Å². The molecule has 1 aliphatic carbocycles. The first-order chi connectivity index (χ1) is 18.6. The summed E-state index contributed by atoms with van der Waals surface area (Å²) in [6.07, 6.45) is 1.71. The second-order valence-corrected chi connectivity index (χ2v) is 11.2. The maximum Gasteiger partial charge on any atom is 0.344 e. The van der Waals surface area contributed by atoms with Crippen LogP contribution in [-0.2, 0) is 9.53 Å². The molecular formula is C32H32N2O5. The molecule has 200 valence electrons. The van der Waals surface area contributed by atoms with Crippen LogP contribution < -0.4 is 16.1 Å². The van der Waals surface area contributed by atoms with Crippen molar-refractivity contribution in [2.75, 3.05) is 7.11 Å². The first-order valence-corrected chi connectivity index (χ1v) is 13.2. The van der Waals surface area contributed by atoms with E-state index in [-0.39, 0.29) is 28.6 Å². The first kappa shape index (κ1) is 26.3. The van der Waals surface area contributed by atoms with Crippen molar-refractivity contribution in [1.82, 2.24) is 0 Å². The van der Waals surface area contributed by atoms with E-state index in [4.69, 9.17) is 19.6 Å². The van der Waals surface area contributed by atoms with Gasteiger partial charge >= 0.3 is 5.63 Å². The highest BCUT2D eigenvalue weighted by molar-refractivity contribution is 6.00. The maximum atomic E-state index is 13.5. The summed E-state index contributed by atoms with van der Waals surface area (Å²) < 4.78 is 17.1. The van der Waals surface area contributed by atoms with Gasteiger partial charge in [-0.3, -0.25) is 4.79 Å². The first-order valence-electron chi connectivity index (χ1n) is 13.2. The molecule has 2 N–H and O–H groups in total.